The minimum absolute atomic E-state index is 0.238. The number of carboxylic acid groups (broad SMARTS) is 2. The Balaban J connectivity index is 0.000000375. The van der Waals surface area contributed by atoms with Crippen molar-refractivity contribution in [1.82, 2.24) is 4.98 Å². The van der Waals surface area contributed by atoms with Crippen LogP contribution in [0.2, 0.25) is 0 Å². The molecule has 38 heavy (non-hydrogen) atoms. The third kappa shape index (κ3) is 8.51. The summed E-state index contributed by atoms with van der Waals surface area (Å²) in [6.07, 6.45) is 12.5. The Morgan fingerprint density at radius 2 is 1.74 bits per heavy atom. The second-order valence-electron chi connectivity index (χ2n) is 9.60. The predicted octanol–water partition coefficient (Wildman–Crippen LogP) is 7.02. The molecule has 1 aromatic carbocycles. The van der Waals surface area contributed by atoms with Gasteiger partial charge in [0, 0.05) is 42.9 Å². The summed E-state index contributed by atoms with van der Waals surface area (Å²) in [6.45, 7) is 3.99. The molecule has 0 saturated heterocycles. The van der Waals surface area contributed by atoms with Gasteiger partial charge in [-0.25, -0.2) is 9.37 Å². The zero-order valence-electron chi connectivity index (χ0n) is 21.9. The van der Waals surface area contributed by atoms with E-state index >= 15 is 0 Å². The number of nitrogens with one attached hydrogen (secondary N) is 2. The molecule has 1 aliphatic heterocycles. The lowest BCUT2D eigenvalue weighted by molar-refractivity contribution is -0.156. The van der Waals surface area contributed by atoms with Crippen molar-refractivity contribution in [3.05, 3.63) is 36.3 Å². The van der Waals surface area contributed by atoms with Crippen molar-refractivity contribution in [2.24, 2.45) is 5.41 Å². The Hall–Kier alpha value is -3.01. The van der Waals surface area contributed by atoms with Gasteiger partial charge in [-0.15, -0.1) is 11.8 Å². The van der Waals surface area contributed by atoms with Crippen molar-refractivity contribution in [1.29, 1.82) is 0 Å². The van der Waals surface area contributed by atoms with Crippen molar-refractivity contribution in [2.45, 2.75) is 76.0 Å². The van der Waals surface area contributed by atoms with Crippen LogP contribution in [0.3, 0.4) is 0 Å². The number of carbonyl (C=O) groups is 2. The summed E-state index contributed by atoms with van der Waals surface area (Å²) < 4.78 is 20.4. The first-order chi connectivity index (χ1) is 18.4. The number of thioether (sulfide) groups is 1. The van der Waals surface area contributed by atoms with Crippen LogP contribution in [0.5, 0.6) is 11.5 Å². The highest BCUT2D eigenvalue weighted by molar-refractivity contribution is 7.99. The lowest BCUT2D eigenvalue weighted by atomic mass is 10.1. The predicted molar refractivity (Wildman–Crippen MR) is 148 cm³/mol. The van der Waals surface area contributed by atoms with E-state index in [1.54, 1.807) is 30.1 Å². The standard InChI is InChI=1S/C23H32FN3OS.C5H6O4/c1-2-3-4-5-6-7-8-9-13-25-18-10-11-20(19(24)17-18)28-21-12-14-26-23-22(21)29-16-15-27-23;6-3(7)5(1-2-5)4(8)9/h10-12,14,17,25H,2-9,13,15-16H2,1H3,(H,26,27);1-2H2,(H,6,7)(H,8,9). The number of halogens is 1. The molecule has 2 aromatic rings. The number of fused-ring (bicyclic) bond motifs is 1. The van der Waals surface area contributed by atoms with Gasteiger partial charge >= 0.3 is 11.9 Å². The lowest BCUT2D eigenvalue weighted by Gasteiger charge is -2.19. The molecular formula is C28H38FN3O5S. The van der Waals surface area contributed by atoms with Crippen LogP contribution in [0.4, 0.5) is 15.9 Å². The fourth-order valence-electron chi connectivity index (χ4n) is 4.05. The van der Waals surface area contributed by atoms with Crippen molar-refractivity contribution < 1.29 is 28.9 Å². The van der Waals surface area contributed by atoms with Gasteiger partial charge in [0.25, 0.3) is 0 Å². The molecule has 8 nitrogen and oxygen atoms in total. The number of hydrogen-bond donors (Lipinski definition) is 4. The van der Waals surface area contributed by atoms with E-state index in [1.807, 2.05) is 6.07 Å². The number of aromatic nitrogens is 1. The highest BCUT2D eigenvalue weighted by atomic mass is 32.2. The zero-order chi connectivity index (χ0) is 27.4. The molecule has 1 fully saturated rings. The van der Waals surface area contributed by atoms with Gasteiger partial charge < -0.3 is 25.6 Å². The topological polar surface area (TPSA) is 121 Å². The van der Waals surface area contributed by atoms with Crippen LogP contribution >= 0.6 is 11.8 Å². The quantitative estimate of drug-likeness (QED) is 0.146. The van der Waals surface area contributed by atoms with Crippen molar-refractivity contribution in [3.8, 4) is 11.5 Å². The Bertz CT molecular complexity index is 1060. The molecule has 0 atom stereocenters. The number of carboxylic acids is 2. The number of rotatable bonds is 14. The van der Waals surface area contributed by atoms with Crippen LogP contribution in [-0.4, -0.2) is 46.0 Å². The van der Waals surface area contributed by atoms with Crippen molar-refractivity contribution >= 4 is 35.2 Å². The molecule has 1 saturated carbocycles. The third-order valence-electron chi connectivity index (χ3n) is 6.59. The van der Waals surface area contributed by atoms with Crippen LogP contribution in [-0.2, 0) is 9.59 Å². The molecular weight excluding hydrogens is 509 g/mol. The normalized spacial score (nSPS) is 14.8. The molecule has 2 aliphatic rings. The highest BCUT2D eigenvalue weighted by Gasteiger charge is 2.57. The van der Waals surface area contributed by atoms with Crippen LogP contribution in [0.15, 0.2) is 35.4 Å². The molecule has 1 aromatic heterocycles. The second kappa shape index (κ2) is 14.8. The largest absolute Gasteiger partial charge is 0.480 e. The first kappa shape index (κ1) is 29.5. The summed E-state index contributed by atoms with van der Waals surface area (Å²) in [4.78, 5) is 25.5. The van der Waals surface area contributed by atoms with E-state index in [2.05, 4.69) is 22.5 Å². The van der Waals surface area contributed by atoms with E-state index in [-0.39, 0.29) is 24.4 Å². The van der Waals surface area contributed by atoms with E-state index in [0.29, 0.717) is 5.75 Å². The van der Waals surface area contributed by atoms with Crippen LogP contribution in [0.1, 0.15) is 71.1 Å². The molecule has 208 valence electrons. The van der Waals surface area contributed by atoms with Crippen LogP contribution in [0, 0.1) is 11.2 Å². The van der Waals surface area contributed by atoms with E-state index < -0.39 is 17.4 Å². The molecule has 1 aliphatic carbocycles. The van der Waals surface area contributed by atoms with Gasteiger partial charge in [-0.1, -0.05) is 51.9 Å². The summed E-state index contributed by atoms with van der Waals surface area (Å²) in [5.41, 5.74) is -0.620. The lowest BCUT2D eigenvalue weighted by Crippen LogP contribution is -2.24. The Labute approximate surface area is 227 Å². The molecule has 2 heterocycles. The summed E-state index contributed by atoms with van der Waals surface area (Å²) in [5, 5.41) is 23.2. The molecule has 4 N–H and O–H groups in total. The van der Waals surface area contributed by atoms with Gasteiger partial charge in [-0.3, -0.25) is 9.59 Å². The number of benzene rings is 1. The smallest absolute Gasteiger partial charge is 0.321 e. The molecule has 0 unspecified atom stereocenters. The number of ether oxygens (including phenoxy) is 1. The highest BCUT2D eigenvalue weighted by Crippen LogP contribution is 2.46. The Morgan fingerprint density at radius 3 is 2.34 bits per heavy atom. The van der Waals surface area contributed by atoms with Crippen LogP contribution in [0.25, 0.3) is 0 Å². The maximum Gasteiger partial charge on any atom is 0.321 e. The van der Waals surface area contributed by atoms with Crippen molar-refractivity contribution in [3.63, 3.8) is 0 Å². The van der Waals surface area contributed by atoms with E-state index in [9.17, 15) is 14.0 Å². The molecule has 0 radical (unpaired) electrons. The van der Waals surface area contributed by atoms with Crippen molar-refractivity contribution in [2.75, 3.05) is 29.5 Å². The van der Waals surface area contributed by atoms with Gasteiger partial charge in [-0.05, 0) is 31.4 Å². The minimum atomic E-state index is -1.42. The average Bonchev–Trinajstić information content (AvgIpc) is 3.73. The maximum atomic E-state index is 14.5. The number of nitrogens with zero attached hydrogens (tertiary/aromatic N) is 1. The number of hydrogen-bond acceptors (Lipinski definition) is 7. The fourth-order valence-corrected chi connectivity index (χ4v) is 4.97. The van der Waals surface area contributed by atoms with Gasteiger partial charge in [0.05, 0.1) is 4.90 Å². The number of anilines is 2. The summed E-state index contributed by atoms with van der Waals surface area (Å²) >= 11 is 1.68. The molecule has 0 spiro atoms. The Morgan fingerprint density at radius 1 is 1.05 bits per heavy atom. The van der Waals surface area contributed by atoms with Gasteiger partial charge in [-0.2, -0.15) is 0 Å². The maximum absolute atomic E-state index is 14.5. The van der Waals surface area contributed by atoms with Crippen LogP contribution < -0.4 is 15.4 Å². The molecule has 0 bridgehead atoms. The molecule has 10 heteroatoms. The summed E-state index contributed by atoms with van der Waals surface area (Å²) in [5.74, 6) is -0.148. The van der Waals surface area contributed by atoms with E-state index in [0.717, 1.165) is 41.7 Å². The summed E-state index contributed by atoms with van der Waals surface area (Å²) in [6, 6.07) is 6.87. The second-order valence-corrected chi connectivity index (χ2v) is 10.7. The average molecular weight is 548 g/mol. The fraction of sp³-hybridized carbons (Fsp3) is 0.536. The van der Waals surface area contributed by atoms with E-state index in [1.165, 1.54) is 51.0 Å². The van der Waals surface area contributed by atoms with Gasteiger partial charge in [0.1, 0.15) is 11.6 Å². The Kier molecular flexibility index (Phi) is 11.5. The first-order valence-corrected chi connectivity index (χ1v) is 14.4. The van der Waals surface area contributed by atoms with Gasteiger partial charge in [0.2, 0.25) is 0 Å². The van der Waals surface area contributed by atoms with E-state index in [4.69, 9.17) is 14.9 Å². The zero-order valence-corrected chi connectivity index (χ0v) is 22.7. The molecule has 0 amide bonds. The monoisotopic (exact) mass is 547 g/mol. The number of unbranched alkanes of at least 4 members (excludes halogenated alkanes) is 7. The first-order valence-electron chi connectivity index (χ1n) is 13.4. The number of aliphatic carboxylic acids is 2. The minimum Gasteiger partial charge on any atom is -0.480 e. The number of pyridine rings is 1. The SMILES string of the molecule is CCCCCCCCCCNc1ccc(Oc2ccnc3c2SCCN3)c(F)c1.O=C(O)C1(C(=O)O)CC1. The molecule has 4 rings (SSSR count). The summed E-state index contributed by atoms with van der Waals surface area (Å²) in [7, 11) is 0. The third-order valence-corrected chi connectivity index (χ3v) is 7.68. The van der Waals surface area contributed by atoms with Gasteiger partial charge in [0.15, 0.2) is 17.0 Å².